The summed E-state index contributed by atoms with van der Waals surface area (Å²) in [7, 11) is 1.86. The van der Waals surface area contributed by atoms with E-state index in [0.29, 0.717) is 6.42 Å². The Bertz CT molecular complexity index is 163. The average Bonchev–Trinajstić information content (AvgIpc) is 2.16. The topological polar surface area (TPSA) is 20.3 Å². The first-order valence-corrected chi connectivity index (χ1v) is 5.07. The van der Waals surface area contributed by atoms with E-state index >= 15 is 0 Å². The molecule has 0 aromatic heterocycles. The monoisotopic (exact) mass is 183 g/mol. The minimum Gasteiger partial charge on any atom is -0.346 e. The molecule has 0 spiro atoms. The smallest absolute Gasteiger partial charge is 0.222 e. The second kappa shape index (κ2) is 7.84. The molecule has 2 heteroatoms. The molecule has 0 fully saturated rings. The maximum absolute atomic E-state index is 11.3. The zero-order chi connectivity index (χ0) is 10.1. The maximum Gasteiger partial charge on any atom is 0.222 e. The fourth-order valence-corrected chi connectivity index (χ4v) is 1.07. The molecule has 1 amide bonds. The summed E-state index contributed by atoms with van der Waals surface area (Å²) in [5.74, 6) is 0.267. The molecule has 76 valence electrons. The van der Waals surface area contributed by atoms with E-state index in [1.54, 1.807) is 4.90 Å². The molecule has 0 bridgehead atoms. The Labute approximate surface area is 81.6 Å². The van der Waals surface area contributed by atoms with Gasteiger partial charge in [0.15, 0.2) is 0 Å². The summed E-state index contributed by atoms with van der Waals surface area (Å²) in [6, 6.07) is 0. The molecule has 0 N–H and O–H groups in total. The number of hydrogen-bond donors (Lipinski definition) is 0. The second-order valence-corrected chi connectivity index (χ2v) is 3.22. The third-order valence-electron chi connectivity index (χ3n) is 2.15. The van der Waals surface area contributed by atoms with Gasteiger partial charge in [-0.2, -0.15) is 0 Å². The Morgan fingerprint density at radius 1 is 1.38 bits per heavy atom. The van der Waals surface area contributed by atoms with E-state index in [0.717, 1.165) is 25.8 Å². The van der Waals surface area contributed by atoms with Crippen molar-refractivity contribution < 1.29 is 4.79 Å². The summed E-state index contributed by atoms with van der Waals surface area (Å²) < 4.78 is 0. The number of allylic oxidation sites excluding steroid dienone is 2. The summed E-state index contributed by atoms with van der Waals surface area (Å²) in [5, 5.41) is 0. The molecule has 13 heavy (non-hydrogen) atoms. The van der Waals surface area contributed by atoms with Gasteiger partial charge in [-0.3, -0.25) is 4.79 Å². The lowest BCUT2D eigenvalue weighted by atomic mass is 10.2. The minimum absolute atomic E-state index is 0.267. The number of unbranched alkanes of at least 4 members (excludes halogenated alkanes) is 2. The molecule has 0 aliphatic heterocycles. The maximum atomic E-state index is 11.3. The Morgan fingerprint density at radius 2 is 2.08 bits per heavy atom. The van der Waals surface area contributed by atoms with Gasteiger partial charge in [-0.05, 0) is 33.1 Å². The predicted molar refractivity (Wildman–Crippen MR) is 56.6 cm³/mol. The molecule has 0 atom stereocenters. The van der Waals surface area contributed by atoms with Crippen LogP contribution in [0.25, 0.3) is 0 Å². The van der Waals surface area contributed by atoms with Crippen LogP contribution in [0.3, 0.4) is 0 Å². The van der Waals surface area contributed by atoms with Gasteiger partial charge in [0.1, 0.15) is 0 Å². The lowest BCUT2D eigenvalue weighted by Gasteiger charge is -2.13. The van der Waals surface area contributed by atoms with Crippen LogP contribution in [-0.4, -0.2) is 24.4 Å². The summed E-state index contributed by atoms with van der Waals surface area (Å²) in [4.78, 5) is 13.1. The standard InChI is InChI=1S/C11H21NO/c1-4-6-7-8-9-10-11(13)12(3)5-2/h4,6H,5,7-10H2,1-3H3. The van der Waals surface area contributed by atoms with Crippen molar-refractivity contribution in [3.05, 3.63) is 12.2 Å². The molecule has 0 aromatic carbocycles. The summed E-state index contributed by atoms with van der Waals surface area (Å²) in [6.45, 7) is 4.83. The molecule has 0 rings (SSSR count). The average molecular weight is 183 g/mol. The molecular weight excluding hydrogens is 162 g/mol. The summed E-state index contributed by atoms with van der Waals surface area (Å²) in [6.07, 6.45) is 8.12. The van der Waals surface area contributed by atoms with E-state index < -0.39 is 0 Å². The number of hydrogen-bond acceptors (Lipinski definition) is 1. The highest BCUT2D eigenvalue weighted by molar-refractivity contribution is 5.75. The summed E-state index contributed by atoms with van der Waals surface area (Å²) in [5.41, 5.74) is 0. The van der Waals surface area contributed by atoms with Gasteiger partial charge >= 0.3 is 0 Å². The van der Waals surface area contributed by atoms with Crippen molar-refractivity contribution in [2.24, 2.45) is 0 Å². The van der Waals surface area contributed by atoms with Crippen molar-refractivity contribution in [1.82, 2.24) is 4.90 Å². The van der Waals surface area contributed by atoms with Gasteiger partial charge in [0, 0.05) is 20.0 Å². The van der Waals surface area contributed by atoms with Crippen molar-refractivity contribution in [2.45, 2.75) is 39.5 Å². The second-order valence-electron chi connectivity index (χ2n) is 3.22. The van der Waals surface area contributed by atoms with Crippen molar-refractivity contribution in [3.8, 4) is 0 Å². The van der Waals surface area contributed by atoms with Crippen molar-refractivity contribution in [1.29, 1.82) is 0 Å². The van der Waals surface area contributed by atoms with Gasteiger partial charge in [-0.15, -0.1) is 0 Å². The predicted octanol–water partition coefficient (Wildman–Crippen LogP) is 2.60. The highest BCUT2D eigenvalue weighted by atomic mass is 16.2. The quantitative estimate of drug-likeness (QED) is 0.458. The van der Waals surface area contributed by atoms with Crippen LogP contribution in [0, 0.1) is 0 Å². The Morgan fingerprint density at radius 3 is 2.62 bits per heavy atom. The van der Waals surface area contributed by atoms with Crippen LogP contribution in [0.4, 0.5) is 0 Å². The van der Waals surface area contributed by atoms with Crippen LogP contribution < -0.4 is 0 Å². The fourth-order valence-electron chi connectivity index (χ4n) is 1.07. The first kappa shape index (κ1) is 12.2. The van der Waals surface area contributed by atoms with Gasteiger partial charge in [-0.1, -0.05) is 12.2 Å². The molecule has 0 unspecified atom stereocenters. The van der Waals surface area contributed by atoms with E-state index in [1.807, 2.05) is 20.9 Å². The molecule has 0 aliphatic rings. The van der Waals surface area contributed by atoms with Gasteiger partial charge in [-0.25, -0.2) is 0 Å². The molecular formula is C11H21NO. The molecule has 0 saturated carbocycles. The van der Waals surface area contributed by atoms with Gasteiger partial charge in [0.05, 0.1) is 0 Å². The fraction of sp³-hybridized carbons (Fsp3) is 0.727. The Balaban J connectivity index is 3.37. The van der Waals surface area contributed by atoms with Gasteiger partial charge in [0.2, 0.25) is 5.91 Å². The summed E-state index contributed by atoms with van der Waals surface area (Å²) >= 11 is 0. The largest absolute Gasteiger partial charge is 0.346 e. The van der Waals surface area contributed by atoms with E-state index in [9.17, 15) is 4.79 Å². The van der Waals surface area contributed by atoms with Crippen LogP contribution in [-0.2, 0) is 4.79 Å². The molecule has 0 heterocycles. The normalized spacial score (nSPS) is 10.7. The van der Waals surface area contributed by atoms with E-state index in [1.165, 1.54) is 0 Å². The number of carbonyl (C=O) groups excluding carboxylic acids is 1. The van der Waals surface area contributed by atoms with Crippen molar-refractivity contribution >= 4 is 5.91 Å². The third-order valence-corrected chi connectivity index (χ3v) is 2.15. The van der Waals surface area contributed by atoms with E-state index in [2.05, 4.69) is 12.2 Å². The minimum atomic E-state index is 0.267. The molecule has 2 nitrogen and oxygen atoms in total. The third kappa shape index (κ3) is 6.38. The van der Waals surface area contributed by atoms with E-state index in [-0.39, 0.29) is 5.91 Å². The van der Waals surface area contributed by atoms with Crippen molar-refractivity contribution in [3.63, 3.8) is 0 Å². The highest BCUT2D eigenvalue weighted by Gasteiger charge is 2.04. The molecule has 0 aliphatic carbocycles. The van der Waals surface area contributed by atoms with Crippen LogP contribution in [0.5, 0.6) is 0 Å². The van der Waals surface area contributed by atoms with Crippen LogP contribution in [0.15, 0.2) is 12.2 Å². The van der Waals surface area contributed by atoms with E-state index in [4.69, 9.17) is 0 Å². The first-order chi connectivity index (χ1) is 6.22. The number of rotatable bonds is 6. The first-order valence-electron chi connectivity index (χ1n) is 5.07. The van der Waals surface area contributed by atoms with Crippen molar-refractivity contribution in [2.75, 3.05) is 13.6 Å². The Kier molecular flexibility index (Phi) is 7.36. The number of nitrogens with zero attached hydrogens (tertiary/aromatic N) is 1. The molecule has 0 saturated heterocycles. The lowest BCUT2D eigenvalue weighted by Crippen LogP contribution is -2.25. The van der Waals surface area contributed by atoms with Crippen LogP contribution in [0.1, 0.15) is 39.5 Å². The van der Waals surface area contributed by atoms with Crippen LogP contribution >= 0.6 is 0 Å². The Hall–Kier alpha value is -0.790. The zero-order valence-corrected chi connectivity index (χ0v) is 9.05. The lowest BCUT2D eigenvalue weighted by molar-refractivity contribution is -0.129. The molecule has 0 radical (unpaired) electrons. The zero-order valence-electron chi connectivity index (χ0n) is 9.05. The van der Waals surface area contributed by atoms with Gasteiger partial charge in [0.25, 0.3) is 0 Å². The highest BCUT2D eigenvalue weighted by Crippen LogP contribution is 2.02. The number of amides is 1. The van der Waals surface area contributed by atoms with Gasteiger partial charge < -0.3 is 4.90 Å². The van der Waals surface area contributed by atoms with Crippen LogP contribution in [0.2, 0.25) is 0 Å². The SMILES string of the molecule is CC=CCCCCC(=O)N(C)CC. The number of carbonyl (C=O) groups is 1. The molecule has 0 aromatic rings.